The van der Waals surface area contributed by atoms with Gasteiger partial charge in [0.15, 0.2) is 0 Å². The lowest BCUT2D eigenvalue weighted by Gasteiger charge is -2.09. The largest absolute Gasteiger partial charge is 0.330 e. The normalized spacial score (nSPS) is 10.6. The molecule has 0 aliphatic rings. The van der Waals surface area contributed by atoms with Crippen molar-refractivity contribution < 1.29 is 9.18 Å². The van der Waals surface area contributed by atoms with Gasteiger partial charge in [-0.15, -0.1) is 0 Å². The summed E-state index contributed by atoms with van der Waals surface area (Å²) in [6.45, 7) is 0. The van der Waals surface area contributed by atoms with Gasteiger partial charge in [0.25, 0.3) is 5.56 Å². The molecule has 1 amide bonds. The number of carbonyl (C=O) groups is 1. The van der Waals surface area contributed by atoms with Gasteiger partial charge in [0.1, 0.15) is 5.82 Å². The zero-order chi connectivity index (χ0) is 17.7. The molecule has 1 aromatic heterocycles. The summed E-state index contributed by atoms with van der Waals surface area (Å²) in [7, 11) is 3.03. The van der Waals surface area contributed by atoms with Gasteiger partial charge in [-0.1, -0.05) is 6.07 Å². The summed E-state index contributed by atoms with van der Waals surface area (Å²) in [6, 6.07) is 7.11. The Bertz CT molecular complexity index is 860. The Balaban J connectivity index is 1.84. The van der Waals surface area contributed by atoms with Crippen LogP contribution in [0.5, 0.6) is 0 Å². The average molecular weight is 351 g/mol. The Morgan fingerprint density at radius 1 is 1.21 bits per heavy atom. The minimum atomic E-state index is -0.409. The third kappa shape index (κ3) is 4.58. The number of aromatic nitrogens is 2. The number of hydrogen-bond donors (Lipinski definition) is 1. The van der Waals surface area contributed by atoms with Gasteiger partial charge in [-0.25, -0.2) is 9.18 Å². The van der Waals surface area contributed by atoms with E-state index in [4.69, 9.17) is 0 Å². The molecule has 0 unspecified atom stereocenters. The molecule has 0 atom stereocenters. The van der Waals surface area contributed by atoms with E-state index in [0.29, 0.717) is 22.9 Å². The second kappa shape index (κ2) is 7.96. The van der Waals surface area contributed by atoms with Crippen LogP contribution in [0.3, 0.4) is 0 Å². The SMILES string of the molecule is Cn1c(CSCCC(=O)Nc2cccc(F)c2)cc(=O)n(C)c1=O. The highest BCUT2D eigenvalue weighted by atomic mass is 32.2. The second-order valence-corrected chi connectivity index (χ2v) is 6.34. The number of hydrogen-bond acceptors (Lipinski definition) is 4. The van der Waals surface area contributed by atoms with Gasteiger partial charge >= 0.3 is 5.69 Å². The standard InChI is InChI=1S/C16H18FN3O3S/c1-19-13(9-15(22)20(2)16(19)23)10-24-7-6-14(21)18-12-5-3-4-11(17)8-12/h3-5,8-9H,6-7,10H2,1-2H3,(H,18,21). The van der Waals surface area contributed by atoms with E-state index in [0.717, 1.165) is 4.57 Å². The van der Waals surface area contributed by atoms with E-state index in [-0.39, 0.29) is 23.6 Å². The average Bonchev–Trinajstić information content (AvgIpc) is 2.54. The number of nitrogens with zero attached hydrogens (tertiary/aromatic N) is 2. The summed E-state index contributed by atoms with van der Waals surface area (Å²) in [5, 5.41) is 2.62. The number of benzene rings is 1. The third-order valence-corrected chi connectivity index (χ3v) is 4.45. The number of carbonyl (C=O) groups excluding carboxylic acids is 1. The quantitative estimate of drug-likeness (QED) is 0.800. The van der Waals surface area contributed by atoms with E-state index >= 15 is 0 Å². The molecule has 0 aliphatic heterocycles. The molecule has 2 aromatic rings. The van der Waals surface area contributed by atoms with Crippen molar-refractivity contribution in [2.75, 3.05) is 11.1 Å². The molecule has 0 bridgehead atoms. The maximum atomic E-state index is 13.0. The summed E-state index contributed by atoms with van der Waals surface area (Å²) in [5.41, 5.74) is 0.303. The second-order valence-electron chi connectivity index (χ2n) is 5.24. The Morgan fingerprint density at radius 2 is 1.96 bits per heavy atom. The molecule has 0 fully saturated rings. The van der Waals surface area contributed by atoms with Gasteiger partial charge in [-0.05, 0) is 18.2 Å². The minimum Gasteiger partial charge on any atom is -0.326 e. The van der Waals surface area contributed by atoms with Crippen LogP contribution in [0, 0.1) is 5.82 Å². The molecule has 128 valence electrons. The van der Waals surface area contributed by atoms with Crippen LogP contribution in [0.1, 0.15) is 12.1 Å². The maximum Gasteiger partial charge on any atom is 0.330 e. The molecule has 0 radical (unpaired) electrons. The van der Waals surface area contributed by atoms with Gasteiger partial charge < -0.3 is 5.32 Å². The lowest BCUT2D eigenvalue weighted by atomic mass is 10.3. The molecule has 0 spiro atoms. The zero-order valence-corrected chi connectivity index (χ0v) is 14.2. The van der Waals surface area contributed by atoms with Crippen molar-refractivity contribution in [1.82, 2.24) is 9.13 Å². The molecular weight excluding hydrogens is 333 g/mol. The predicted octanol–water partition coefficient (Wildman–Crippen LogP) is 1.49. The Kier molecular flexibility index (Phi) is 5.97. The number of rotatable bonds is 6. The maximum absolute atomic E-state index is 13.0. The lowest BCUT2D eigenvalue weighted by molar-refractivity contribution is -0.115. The van der Waals surface area contributed by atoms with E-state index in [2.05, 4.69) is 5.32 Å². The van der Waals surface area contributed by atoms with Crippen molar-refractivity contribution in [3.63, 3.8) is 0 Å². The Morgan fingerprint density at radius 3 is 2.67 bits per heavy atom. The van der Waals surface area contributed by atoms with Crippen molar-refractivity contribution in [2.45, 2.75) is 12.2 Å². The van der Waals surface area contributed by atoms with Crippen molar-refractivity contribution >= 4 is 23.4 Å². The van der Waals surface area contributed by atoms with Gasteiger partial charge in [-0.3, -0.25) is 18.7 Å². The molecule has 1 heterocycles. The highest BCUT2D eigenvalue weighted by Crippen LogP contribution is 2.13. The predicted molar refractivity (Wildman–Crippen MR) is 92.7 cm³/mol. The van der Waals surface area contributed by atoms with Crippen molar-refractivity contribution in [3.05, 3.63) is 62.7 Å². The van der Waals surface area contributed by atoms with Crippen LogP contribution < -0.4 is 16.6 Å². The van der Waals surface area contributed by atoms with E-state index in [1.165, 1.54) is 47.6 Å². The lowest BCUT2D eigenvalue weighted by Crippen LogP contribution is -2.37. The summed E-state index contributed by atoms with van der Waals surface area (Å²) >= 11 is 1.44. The highest BCUT2D eigenvalue weighted by Gasteiger charge is 2.07. The van der Waals surface area contributed by atoms with Gasteiger partial charge in [0.05, 0.1) is 0 Å². The number of amides is 1. The van der Waals surface area contributed by atoms with E-state index in [9.17, 15) is 18.8 Å². The molecule has 1 aromatic carbocycles. The van der Waals surface area contributed by atoms with Crippen molar-refractivity contribution in [3.8, 4) is 0 Å². The third-order valence-electron chi connectivity index (χ3n) is 3.46. The van der Waals surface area contributed by atoms with Crippen molar-refractivity contribution in [2.24, 2.45) is 14.1 Å². The number of nitrogens with one attached hydrogen (secondary N) is 1. The highest BCUT2D eigenvalue weighted by molar-refractivity contribution is 7.98. The molecule has 2 rings (SSSR count). The van der Waals surface area contributed by atoms with Crippen LogP contribution in [0.25, 0.3) is 0 Å². The smallest absolute Gasteiger partial charge is 0.326 e. The molecule has 24 heavy (non-hydrogen) atoms. The molecule has 0 saturated heterocycles. The van der Waals surface area contributed by atoms with Gasteiger partial charge in [0.2, 0.25) is 5.91 Å². The topological polar surface area (TPSA) is 73.1 Å². The molecule has 0 saturated carbocycles. The van der Waals surface area contributed by atoms with Crippen LogP contribution in [0.15, 0.2) is 39.9 Å². The van der Waals surface area contributed by atoms with Gasteiger partial charge in [-0.2, -0.15) is 11.8 Å². The van der Waals surface area contributed by atoms with E-state index < -0.39 is 5.82 Å². The summed E-state index contributed by atoms with van der Waals surface area (Å²) in [6.07, 6.45) is 0.250. The first-order valence-electron chi connectivity index (χ1n) is 7.27. The first kappa shape index (κ1) is 18.0. The van der Waals surface area contributed by atoms with Crippen molar-refractivity contribution in [1.29, 1.82) is 0 Å². The fourth-order valence-electron chi connectivity index (χ4n) is 2.05. The van der Waals surface area contributed by atoms with Crippen LogP contribution in [0.2, 0.25) is 0 Å². The summed E-state index contributed by atoms with van der Waals surface area (Å²) in [5.74, 6) is 0.347. The molecule has 0 aliphatic carbocycles. The fourth-order valence-corrected chi connectivity index (χ4v) is 3.01. The monoisotopic (exact) mass is 351 g/mol. The Hall–Kier alpha value is -2.35. The van der Waals surface area contributed by atoms with Crippen LogP contribution in [-0.2, 0) is 24.6 Å². The minimum absolute atomic E-state index is 0.217. The van der Waals surface area contributed by atoms with Crippen LogP contribution >= 0.6 is 11.8 Å². The van der Waals surface area contributed by atoms with Crippen LogP contribution in [-0.4, -0.2) is 20.8 Å². The van der Waals surface area contributed by atoms with Crippen LogP contribution in [0.4, 0.5) is 10.1 Å². The molecule has 8 heteroatoms. The zero-order valence-electron chi connectivity index (χ0n) is 13.4. The van der Waals surface area contributed by atoms with E-state index in [1.54, 1.807) is 13.1 Å². The summed E-state index contributed by atoms with van der Waals surface area (Å²) < 4.78 is 15.5. The van der Waals surface area contributed by atoms with E-state index in [1.807, 2.05) is 0 Å². The first-order valence-corrected chi connectivity index (χ1v) is 8.43. The summed E-state index contributed by atoms with van der Waals surface area (Å²) in [4.78, 5) is 35.2. The Labute approximate surface area is 142 Å². The molecular formula is C16H18FN3O3S. The fraction of sp³-hybridized carbons (Fsp3) is 0.312. The number of thioether (sulfide) groups is 1. The first-order chi connectivity index (χ1) is 11.4. The number of anilines is 1. The molecule has 1 N–H and O–H groups in total. The molecule has 6 nitrogen and oxygen atoms in total. The number of halogens is 1. The van der Waals surface area contributed by atoms with Gasteiger partial charge in [0, 0.05) is 49.5 Å².